The number of aromatic nitrogens is 2. The average Bonchev–Trinajstić information content (AvgIpc) is 3.18. The molecule has 24 heavy (non-hydrogen) atoms. The fourth-order valence-corrected chi connectivity index (χ4v) is 5.37. The second-order valence-electron chi connectivity index (χ2n) is 7.51. The van der Waals surface area contributed by atoms with Gasteiger partial charge in [-0.1, -0.05) is 26.7 Å². The smallest absolute Gasteiger partial charge is 0.275 e. The summed E-state index contributed by atoms with van der Waals surface area (Å²) < 4.78 is 6.77. The van der Waals surface area contributed by atoms with Crippen LogP contribution in [0, 0.1) is 5.41 Å². The van der Waals surface area contributed by atoms with Gasteiger partial charge in [0.25, 0.3) is 5.91 Å². The van der Waals surface area contributed by atoms with Crippen LogP contribution in [0.15, 0.2) is 4.47 Å². The van der Waals surface area contributed by atoms with Crippen LogP contribution in [0.2, 0.25) is 0 Å². The maximum absolute atomic E-state index is 13.0. The number of nitrogens with one attached hydrogen (secondary N) is 1. The van der Waals surface area contributed by atoms with Crippen molar-refractivity contribution in [2.75, 3.05) is 13.7 Å². The van der Waals surface area contributed by atoms with Gasteiger partial charge in [-0.15, -0.1) is 0 Å². The summed E-state index contributed by atoms with van der Waals surface area (Å²) in [6.45, 7) is 6.98. The minimum absolute atomic E-state index is 0.00347. The maximum Gasteiger partial charge on any atom is 0.275 e. The molecule has 1 aromatic rings. The number of hydrogen-bond acceptors (Lipinski definition) is 3. The Balaban J connectivity index is 1.79. The number of aromatic amines is 1. The molecule has 0 aromatic carbocycles. The van der Waals surface area contributed by atoms with Gasteiger partial charge in [0.15, 0.2) is 5.69 Å². The zero-order chi connectivity index (χ0) is 17.5. The normalized spacial score (nSPS) is 25.2. The van der Waals surface area contributed by atoms with Crippen LogP contribution in [0.5, 0.6) is 0 Å². The lowest BCUT2D eigenvalue weighted by Gasteiger charge is -2.56. The van der Waals surface area contributed by atoms with E-state index in [-0.39, 0.29) is 17.4 Å². The van der Waals surface area contributed by atoms with Crippen LogP contribution < -0.4 is 0 Å². The molecule has 134 valence electrons. The molecule has 2 atom stereocenters. The fourth-order valence-electron chi connectivity index (χ4n) is 4.57. The first-order valence-electron chi connectivity index (χ1n) is 9.05. The second-order valence-corrected chi connectivity index (χ2v) is 8.30. The molecule has 0 radical (unpaired) electrons. The fraction of sp³-hybridized carbons (Fsp3) is 0.778. The Bertz CT molecular complexity index is 607. The quantitative estimate of drug-likeness (QED) is 0.812. The number of nitrogens with zero attached hydrogens (tertiary/aromatic N) is 2. The Morgan fingerprint density at radius 2 is 2.12 bits per heavy atom. The van der Waals surface area contributed by atoms with Gasteiger partial charge in [0, 0.05) is 25.1 Å². The van der Waals surface area contributed by atoms with E-state index in [2.05, 4.69) is 46.9 Å². The van der Waals surface area contributed by atoms with Gasteiger partial charge in [-0.05, 0) is 48.0 Å². The van der Waals surface area contributed by atoms with Crippen molar-refractivity contribution in [3.8, 4) is 0 Å². The number of H-pyrrole nitrogens is 1. The Kier molecular flexibility index (Phi) is 5.07. The van der Waals surface area contributed by atoms with E-state index in [1.807, 2.05) is 11.9 Å². The molecule has 2 aliphatic rings. The van der Waals surface area contributed by atoms with E-state index in [9.17, 15) is 4.79 Å². The van der Waals surface area contributed by atoms with Crippen molar-refractivity contribution < 1.29 is 9.53 Å². The Labute approximate surface area is 152 Å². The van der Waals surface area contributed by atoms with Crippen LogP contribution >= 0.6 is 15.9 Å². The van der Waals surface area contributed by atoms with Crippen molar-refractivity contribution in [2.45, 2.75) is 70.9 Å². The molecule has 2 aliphatic carbocycles. The number of carbonyl (C=O) groups is 1. The summed E-state index contributed by atoms with van der Waals surface area (Å²) >= 11 is 3.56. The summed E-state index contributed by atoms with van der Waals surface area (Å²) in [5.74, 6) is 0.294. The highest BCUT2D eigenvalue weighted by molar-refractivity contribution is 9.10. The molecule has 0 unspecified atom stereocenters. The van der Waals surface area contributed by atoms with Gasteiger partial charge in [-0.2, -0.15) is 5.10 Å². The van der Waals surface area contributed by atoms with Crippen LogP contribution in [0.3, 0.4) is 0 Å². The molecule has 1 heterocycles. The van der Waals surface area contributed by atoms with E-state index < -0.39 is 0 Å². The summed E-state index contributed by atoms with van der Waals surface area (Å²) in [6, 6.07) is 0.259. The van der Waals surface area contributed by atoms with Gasteiger partial charge in [0.05, 0.1) is 16.3 Å². The third kappa shape index (κ3) is 2.71. The van der Waals surface area contributed by atoms with Crippen LogP contribution in [-0.4, -0.2) is 46.8 Å². The second kappa shape index (κ2) is 6.79. The predicted octanol–water partition coefficient (Wildman–Crippen LogP) is 4.11. The lowest BCUT2D eigenvalue weighted by Crippen LogP contribution is -2.64. The third-order valence-corrected chi connectivity index (χ3v) is 6.75. The van der Waals surface area contributed by atoms with Crippen molar-refractivity contribution in [3.05, 3.63) is 15.9 Å². The first kappa shape index (κ1) is 17.9. The van der Waals surface area contributed by atoms with E-state index in [0.717, 1.165) is 23.2 Å². The van der Waals surface area contributed by atoms with Crippen LogP contribution in [0.1, 0.15) is 75.0 Å². The van der Waals surface area contributed by atoms with Gasteiger partial charge in [-0.3, -0.25) is 9.89 Å². The molecule has 2 saturated carbocycles. The van der Waals surface area contributed by atoms with E-state index in [0.29, 0.717) is 17.7 Å². The molecule has 2 fully saturated rings. The van der Waals surface area contributed by atoms with Crippen molar-refractivity contribution in [2.24, 2.45) is 5.41 Å². The standard InChI is InChI=1S/C18H28BrN3O2/c1-5-24-13-10-12(18(13)8-6-7-9-18)22(4)17(23)16-14(19)15(11(2)3)20-21-16/h11-13H,5-10H2,1-4H3,(H,20,21)/t12-,13+/m1/s1. The predicted molar refractivity (Wildman–Crippen MR) is 97.2 cm³/mol. The monoisotopic (exact) mass is 397 g/mol. The Morgan fingerprint density at radius 1 is 1.46 bits per heavy atom. The first-order chi connectivity index (χ1) is 11.4. The molecule has 3 rings (SSSR count). The molecule has 1 amide bonds. The largest absolute Gasteiger partial charge is 0.378 e. The molecule has 0 aliphatic heterocycles. The summed E-state index contributed by atoms with van der Waals surface area (Å²) in [6.07, 6.45) is 6.06. The van der Waals surface area contributed by atoms with Crippen molar-refractivity contribution in [1.29, 1.82) is 0 Å². The SMILES string of the molecule is CCO[C@H]1C[C@@H](N(C)C(=O)c2n[nH]c(C(C)C)c2Br)C12CCCC2. The van der Waals surface area contributed by atoms with E-state index in [1.165, 1.54) is 25.7 Å². The minimum Gasteiger partial charge on any atom is -0.378 e. The molecule has 5 nitrogen and oxygen atoms in total. The number of halogens is 1. The van der Waals surface area contributed by atoms with Crippen LogP contribution in [-0.2, 0) is 4.74 Å². The first-order valence-corrected chi connectivity index (χ1v) is 9.84. The van der Waals surface area contributed by atoms with Crippen molar-refractivity contribution in [3.63, 3.8) is 0 Å². The average molecular weight is 398 g/mol. The molecule has 6 heteroatoms. The number of ether oxygens (including phenoxy) is 1. The molecular weight excluding hydrogens is 370 g/mol. The molecule has 1 spiro atoms. The summed E-state index contributed by atoms with van der Waals surface area (Å²) in [4.78, 5) is 14.9. The van der Waals surface area contributed by atoms with Gasteiger partial charge in [0.2, 0.25) is 0 Å². The van der Waals surface area contributed by atoms with E-state index in [1.54, 1.807) is 0 Å². The molecule has 0 saturated heterocycles. The summed E-state index contributed by atoms with van der Waals surface area (Å²) in [5.41, 5.74) is 1.63. The number of hydrogen-bond donors (Lipinski definition) is 1. The van der Waals surface area contributed by atoms with Gasteiger partial charge >= 0.3 is 0 Å². The highest BCUT2D eigenvalue weighted by atomic mass is 79.9. The molecule has 0 bridgehead atoms. The lowest BCUT2D eigenvalue weighted by atomic mass is 9.60. The van der Waals surface area contributed by atoms with Crippen molar-refractivity contribution >= 4 is 21.8 Å². The Morgan fingerprint density at radius 3 is 2.67 bits per heavy atom. The summed E-state index contributed by atoms with van der Waals surface area (Å²) in [7, 11) is 1.92. The van der Waals surface area contributed by atoms with Gasteiger partial charge in [-0.25, -0.2) is 0 Å². The topological polar surface area (TPSA) is 58.2 Å². The van der Waals surface area contributed by atoms with Crippen LogP contribution in [0.4, 0.5) is 0 Å². The Hall–Kier alpha value is -0.880. The molecule has 1 aromatic heterocycles. The number of carbonyl (C=O) groups excluding carboxylic acids is 1. The summed E-state index contributed by atoms with van der Waals surface area (Å²) in [5, 5.41) is 7.28. The highest BCUT2D eigenvalue weighted by Gasteiger charge is 2.59. The van der Waals surface area contributed by atoms with Gasteiger partial charge in [0.1, 0.15) is 0 Å². The maximum atomic E-state index is 13.0. The van der Waals surface area contributed by atoms with E-state index in [4.69, 9.17) is 4.74 Å². The number of rotatable bonds is 5. The van der Waals surface area contributed by atoms with Crippen molar-refractivity contribution in [1.82, 2.24) is 15.1 Å². The van der Waals surface area contributed by atoms with E-state index >= 15 is 0 Å². The third-order valence-electron chi connectivity index (χ3n) is 5.94. The van der Waals surface area contributed by atoms with Gasteiger partial charge < -0.3 is 9.64 Å². The lowest BCUT2D eigenvalue weighted by molar-refractivity contribution is -0.152. The highest BCUT2D eigenvalue weighted by Crippen LogP contribution is 2.56. The molecule has 1 N–H and O–H groups in total. The number of amides is 1. The zero-order valence-electron chi connectivity index (χ0n) is 15.1. The zero-order valence-corrected chi connectivity index (χ0v) is 16.6. The molecular formula is C18H28BrN3O2. The van der Waals surface area contributed by atoms with Crippen LogP contribution in [0.25, 0.3) is 0 Å². The minimum atomic E-state index is -0.00347.